The van der Waals surface area contributed by atoms with Crippen LogP contribution in [0.4, 0.5) is 17.5 Å². The normalized spacial score (nSPS) is 10.1. The Morgan fingerprint density at radius 1 is 1.30 bits per heavy atom. The second kappa shape index (κ2) is 7.80. The van der Waals surface area contributed by atoms with Crippen LogP contribution >= 0.6 is 0 Å². The third-order valence-electron chi connectivity index (χ3n) is 2.71. The number of nitrogens with two attached hydrogens (primary N) is 1. The number of nitroso groups, excluding NO2 is 1. The highest BCUT2D eigenvalue weighted by atomic mass is 16.5. The number of amides is 1. The maximum Gasteiger partial charge on any atom is 0.251 e. The Kier molecular flexibility index (Phi) is 5.53. The number of carbonyl (C=O) groups excluding carboxylic acids is 1. The first-order valence-corrected chi connectivity index (χ1v) is 6.60. The highest BCUT2D eigenvalue weighted by Crippen LogP contribution is 2.33. The Morgan fingerprint density at radius 3 is 2.70 bits per heavy atom. The molecule has 23 heavy (non-hydrogen) atoms. The number of aromatic nitrogens is 2. The highest BCUT2D eigenvalue weighted by molar-refractivity contribution is 5.94. The molecule has 0 atom stereocenters. The lowest BCUT2D eigenvalue weighted by molar-refractivity contribution is -0.119. The molecule has 9 heteroatoms. The number of methoxy groups -OCH3 is 1. The van der Waals surface area contributed by atoms with Crippen molar-refractivity contribution in [3.63, 3.8) is 0 Å². The zero-order valence-corrected chi connectivity index (χ0v) is 12.4. The van der Waals surface area contributed by atoms with Gasteiger partial charge in [0, 0.05) is 7.11 Å². The van der Waals surface area contributed by atoms with E-state index in [-0.39, 0.29) is 36.5 Å². The van der Waals surface area contributed by atoms with Crippen molar-refractivity contribution in [2.75, 3.05) is 24.8 Å². The lowest BCUT2D eigenvalue weighted by Crippen LogP contribution is -2.19. The summed E-state index contributed by atoms with van der Waals surface area (Å²) in [6.07, 6.45) is 0. The van der Waals surface area contributed by atoms with Crippen LogP contribution in [0.3, 0.4) is 0 Å². The van der Waals surface area contributed by atoms with Crippen LogP contribution in [0, 0.1) is 4.91 Å². The number of anilines is 2. The van der Waals surface area contributed by atoms with Gasteiger partial charge in [0.05, 0.1) is 0 Å². The number of carbonyl (C=O) groups is 1. The van der Waals surface area contributed by atoms with E-state index in [1.807, 2.05) is 30.3 Å². The van der Waals surface area contributed by atoms with E-state index in [1.54, 1.807) is 0 Å². The molecule has 120 valence electrons. The van der Waals surface area contributed by atoms with Gasteiger partial charge in [0.2, 0.25) is 11.6 Å². The highest BCUT2D eigenvalue weighted by Gasteiger charge is 2.18. The number of benzene rings is 1. The van der Waals surface area contributed by atoms with Gasteiger partial charge in [0.1, 0.15) is 13.2 Å². The number of nitrogens with zero attached hydrogens (tertiary/aromatic N) is 3. The maximum atomic E-state index is 11.6. The van der Waals surface area contributed by atoms with Crippen LogP contribution in [0.25, 0.3) is 0 Å². The summed E-state index contributed by atoms with van der Waals surface area (Å²) < 4.78 is 10.2. The van der Waals surface area contributed by atoms with Crippen molar-refractivity contribution in [3.05, 3.63) is 40.8 Å². The number of rotatable bonds is 7. The lowest BCUT2D eigenvalue weighted by Gasteiger charge is -2.11. The van der Waals surface area contributed by atoms with Crippen molar-refractivity contribution in [2.45, 2.75) is 6.61 Å². The van der Waals surface area contributed by atoms with Gasteiger partial charge in [-0.15, -0.1) is 4.91 Å². The van der Waals surface area contributed by atoms with E-state index < -0.39 is 5.91 Å². The molecule has 0 fully saturated rings. The Balaban J connectivity index is 2.22. The summed E-state index contributed by atoms with van der Waals surface area (Å²) in [6, 6.07) is 9.26. The average Bonchev–Trinajstić information content (AvgIpc) is 2.54. The number of nitrogen functional groups attached to an aromatic ring is 1. The first-order valence-electron chi connectivity index (χ1n) is 6.60. The van der Waals surface area contributed by atoms with Crippen LogP contribution in [-0.2, 0) is 16.1 Å². The molecule has 0 bridgehead atoms. The van der Waals surface area contributed by atoms with Gasteiger partial charge in [-0.1, -0.05) is 30.3 Å². The van der Waals surface area contributed by atoms with E-state index in [0.29, 0.717) is 0 Å². The molecular formula is C14H15N5O4. The summed E-state index contributed by atoms with van der Waals surface area (Å²) in [5.74, 6) is -0.903. The first kappa shape index (κ1) is 16.3. The Bertz CT molecular complexity index is 693. The molecule has 0 aliphatic carbocycles. The van der Waals surface area contributed by atoms with E-state index in [1.165, 1.54) is 7.11 Å². The molecule has 0 saturated carbocycles. The number of hydrogen-bond donors (Lipinski definition) is 2. The quantitative estimate of drug-likeness (QED) is 0.742. The molecule has 1 aromatic carbocycles. The molecule has 9 nitrogen and oxygen atoms in total. The molecule has 0 spiro atoms. The molecule has 2 rings (SSSR count). The molecule has 0 radical (unpaired) electrons. The average molecular weight is 317 g/mol. The number of nitrogens with one attached hydrogen (secondary N) is 1. The summed E-state index contributed by atoms with van der Waals surface area (Å²) in [7, 11) is 1.36. The lowest BCUT2D eigenvalue weighted by atomic mass is 10.2. The molecule has 2 aromatic rings. The fraction of sp³-hybridized carbons (Fsp3) is 0.214. The predicted molar refractivity (Wildman–Crippen MR) is 83.2 cm³/mol. The molecule has 1 heterocycles. The summed E-state index contributed by atoms with van der Waals surface area (Å²) in [5.41, 5.74) is 6.20. The van der Waals surface area contributed by atoms with Crippen LogP contribution in [0.15, 0.2) is 35.5 Å². The third-order valence-corrected chi connectivity index (χ3v) is 2.71. The minimum absolute atomic E-state index is 0.107. The van der Waals surface area contributed by atoms with Gasteiger partial charge in [-0.2, -0.15) is 9.97 Å². The third kappa shape index (κ3) is 4.45. The standard InChI is InChI=1S/C14H15N5O4/c1-22-8-10(20)16-12-11(19-21)13(18-14(15)17-12)23-7-9-5-3-2-4-6-9/h2-6H,7-8H2,1H3,(H3,15,16,17,18,20). The van der Waals surface area contributed by atoms with Gasteiger partial charge in [-0.3, -0.25) is 4.79 Å². The van der Waals surface area contributed by atoms with Crippen molar-refractivity contribution in [1.29, 1.82) is 0 Å². The van der Waals surface area contributed by atoms with Crippen LogP contribution < -0.4 is 15.8 Å². The summed E-state index contributed by atoms with van der Waals surface area (Å²) in [6.45, 7) is -0.0479. The molecule has 0 aliphatic heterocycles. The van der Waals surface area contributed by atoms with Crippen molar-refractivity contribution in [3.8, 4) is 5.88 Å². The molecule has 0 aliphatic rings. The summed E-state index contributed by atoms with van der Waals surface area (Å²) >= 11 is 0. The number of ether oxygens (including phenoxy) is 2. The van der Waals surface area contributed by atoms with Crippen molar-refractivity contribution < 1.29 is 14.3 Å². The molecule has 0 unspecified atom stereocenters. The monoisotopic (exact) mass is 317 g/mol. The van der Waals surface area contributed by atoms with Crippen molar-refractivity contribution >= 4 is 23.4 Å². The number of hydrogen-bond acceptors (Lipinski definition) is 8. The Hall–Kier alpha value is -3.07. The zero-order valence-electron chi connectivity index (χ0n) is 12.4. The molecule has 0 saturated heterocycles. The largest absolute Gasteiger partial charge is 0.471 e. The fourth-order valence-electron chi connectivity index (χ4n) is 1.75. The van der Waals surface area contributed by atoms with Crippen LogP contribution in [0.5, 0.6) is 5.88 Å². The Morgan fingerprint density at radius 2 is 2.04 bits per heavy atom. The van der Waals surface area contributed by atoms with Gasteiger partial charge >= 0.3 is 0 Å². The zero-order chi connectivity index (χ0) is 16.7. The predicted octanol–water partition coefficient (Wildman–Crippen LogP) is 1.62. The van der Waals surface area contributed by atoms with Crippen molar-refractivity contribution in [1.82, 2.24) is 9.97 Å². The van der Waals surface area contributed by atoms with Gasteiger partial charge in [0.25, 0.3) is 11.8 Å². The Labute approximate surface area is 131 Å². The van der Waals surface area contributed by atoms with E-state index >= 15 is 0 Å². The second-order valence-corrected chi connectivity index (χ2v) is 4.43. The summed E-state index contributed by atoms with van der Waals surface area (Å²) in [5, 5.41) is 5.20. The van der Waals surface area contributed by atoms with E-state index in [9.17, 15) is 9.70 Å². The molecule has 1 aromatic heterocycles. The molecular weight excluding hydrogens is 302 g/mol. The van der Waals surface area contributed by atoms with Crippen LogP contribution in [0.1, 0.15) is 5.56 Å². The van der Waals surface area contributed by atoms with Gasteiger partial charge in [-0.05, 0) is 10.7 Å². The minimum Gasteiger partial charge on any atom is -0.471 e. The summed E-state index contributed by atoms with van der Waals surface area (Å²) in [4.78, 5) is 30.3. The maximum absolute atomic E-state index is 11.6. The smallest absolute Gasteiger partial charge is 0.251 e. The first-order chi connectivity index (χ1) is 11.1. The van der Waals surface area contributed by atoms with Crippen LogP contribution in [0.2, 0.25) is 0 Å². The second-order valence-electron chi connectivity index (χ2n) is 4.43. The fourth-order valence-corrected chi connectivity index (χ4v) is 1.75. The van der Waals surface area contributed by atoms with Gasteiger partial charge < -0.3 is 20.5 Å². The van der Waals surface area contributed by atoms with Gasteiger partial charge in [-0.25, -0.2) is 0 Å². The molecule has 1 amide bonds. The van der Waals surface area contributed by atoms with Gasteiger partial charge in [0.15, 0.2) is 5.82 Å². The minimum atomic E-state index is -0.510. The topological polar surface area (TPSA) is 129 Å². The van der Waals surface area contributed by atoms with Crippen molar-refractivity contribution in [2.24, 2.45) is 5.18 Å². The van der Waals surface area contributed by atoms with E-state index in [0.717, 1.165) is 5.56 Å². The van der Waals surface area contributed by atoms with E-state index in [2.05, 4.69) is 25.2 Å². The molecule has 3 N–H and O–H groups in total. The van der Waals surface area contributed by atoms with E-state index in [4.69, 9.17) is 10.5 Å². The van der Waals surface area contributed by atoms with Crippen LogP contribution in [-0.4, -0.2) is 29.6 Å². The SMILES string of the molecule is COCC(=O)Nc1nc(N)nc(OCc2ccccc2)c1N=O.